The minimum absolute atomic E-state index is 0.0589. The van der Waals surface area contributed by atoms with Crippen LogP contribution in [0.1, 0.15) is 29.0 Å². The number of rotatable bonds is 5. The van der Waals surface area contributed by atoms with Crippen molar-refractivity contribution in [1.29, 1.82) is 0 Å². The highest BCUT2D eigenvalue weighted by molar-refractivity contribution is 7.70. The number of hydrogen-bond donors (Lipinski definition) is 2. The third-order valence-electron chi connectivity index (χ3n) is 6.09. The summed E-state index contributed by atoms with van der Waals surface area (Å²) < 4.78 is 16.0. The normalized spacial score (nSPS) is 12.6. The first-order valence-corrected chi connectivity index (χ1v) is 14.0. The zero-order valence-electron chi connectivity index (χ0n) is 20.0. The van der Waals surface area contributed by atoms with Crippen LogP contribution in [0.2, 0.25) is 0 Å². The fourth-order valence-corrected chi connectivity index (χ4v) is 5.65. The van der Waals surface area contributed by atoms with Crippen LogP contribution in [0.25, 0.3) is 22.1 Å². The molecule has 0 saturated heterocycles. The largest absolute Gasteiger partial charge is 0.381 e. The lowest BCUT2D eigenvalue weighted by molar-refractivity contribution is 0.0941. The van der Waals surface area contributed by atoms with Gasteiger partial charge in [-0.2, -0.15) is 0 Å². The number of anilines is 1. The van der Waals surface area contributed by atoms with Gasteiger partial charge in [-0.05, 0) is 49.9 Å². The molecule has 0 aliphatic carbocycles. The first kappa shape index (κ1) is 23.5. The molecule has 182 valence electrons. The van der Waals surface area contributed by atoms with Gasteiger partial charge in [-0.1, -0.05) is 36.4 Å². The summed E-state index contributed by atoms with van der Waals surface area (Å²) in [5, 5.41) is 8.70. The molecule has 5 aromatic rings. The molecule has 0 radical (unpaired) electrons. The standard InChI is InChI=1S/C26H25N6O3P/c1-16(29-25(33)22-23(27)30-31-14-8-13-28-24(22)31)19-15-17-9-7-12-20(36(2,3)35)21(17)26(34)32(19)18-10-5-4-6-11-18/h4-16H,1-3H3,(H2,27,30)(H,29,33). The van der Waals surface area contributed by atoms with Gasteiger partial charge in [0.25, 0.3) is 11.5 Å². The number of nitrogens with one attached hydrogen (secondary N) is 1. The molecular weight excluding hydrogens is 475 g/mol. The van der Waals surface area contributed by atoms with Gasteiger partial charge >= 0.3 is 0 Å². The van der Waals surface area contributed by atoms with Crippen molar-refractivity contribution in [3.63, 3.8) is 0 Å². The second-order valence-electron chi connectivity index (χ2n) is 8.98. The lowest BCUT2D eigenvalue weighted by Gasteiger charge is -2.22. The Morgan fingerprint density at radius 2 is 1.83 bits per heavy atom. The quantitative estimate of drug-likeness (QED) is 0.357. The van der Waals surface area contributed by atoms with E-state index >= 15 is 0 Å². The molecule has 1 atom stereocenters. The second-order valence-corrected chi connectivity index (χ2v) is 12.2. The number of hydrogen-bond acceptors (Lipinski definition) is 6. The van der Waals surface area contributed by atoms with E-state index in [0.29, 0.717) is 33.1 Å². The lowest BCUT2D eigenvalue weighted by Crippen LogP contribution is -2.33. The highest BCUT2D eigenvalue weighted by atomic mass is 31.2. The highest BCUT2D eigenvalue weighted by Gasteiger charge is 2.25. The van der Waals surface area contributed by atoms with E-state index in [1.165, 1.54) is 4.52 Å². The number of fused-ring (bicyclic) bond motifs is 2. The molecule has 10 heteroatoms. The lowest BCUT2D eigenvalue weighted by atomic mass is 10.1. The molecule has 3 N–H and O–H groups in total. The van der Waals surface area contributed by atoms with Gasteiger partial charge in [0.2, 0.25) is 0 Å². The van der Waals surface area contributed by atoms with Gasteiger partial charge in [0, 0.05) is 29.1 Å². The van der Waals surface area contributed by atoms with Crippen LogP contribution in [0.3, 0.4) is 0 Å². The molecule has 0 fully saturated rings. The smallest absolute Gasteiger partial charge is 0.264 e. The summed E-state index contributed by atoms with van der Waals surface area (Å²) >= 11 is 0. The average Bonchev–Trinajstić information content (AvgIpc) is 3.19. The summed E-state index contributed by atoms with van der Waals surface area (Å²) in [5.41, 5.74) is 7.43. The maximum atomic E-state index is 14.0. The van der Waals surface area contributed by atoms with Gasteiger partial charge in [-0.3, -0.25) is 14.2 Å². The zero-order valence-corrected chi connectivity index (χ0v) is 20.9. The summed E-state index contributed by atoms with van der Waals surface area (Å²) in [4.78, 5) is 31.5. The summed E-state index contributed by atoms with van der Waals surface area (Å²) in [6.07, 6.45) is 3.22. The van der Waals surface area contributed by atoms with Crippen molar-refractivity contribution in [3.05, 3.63) is 94.7 Å². The molecule has 0 aliphatic rings. The van der Waals surface area contributed by atoms with Crippen LogP contribution in [-0.4, -0.2) is 38.4 Å². The van der Waals surface area contributed by atoms with Crippen LogP contribution >= 0.6 is 7.14 Å². The molecule has 9 nitrogen and oxygen atoms in total. The third kappa shape index (κ3) is 3.97. The molecule has 1 amide bonds. The molecule has 36 heavy (non-hydrogen) atoms. The Balaban J connectivity index is 1.68. The van der Waals surface area contributed by atoms with E-state index in [0.717, 1.165) is 0 Å². The van der Waals surface area contributed by atoms with Gasteiger partial charge in [-0.15, -0.1) is 5.10 Å². The Hall–Kier alpha value is -4.23. The monoisotopic (exact) mass is 500 g/mol. The molecule has 0 saturated carbocycles. The molecular formula is C26H25N6O3P. The van der Waals surface area contributed by atoms with Crippen molar-refractivity contribution in [2.24, 2.45) is 0 Å². The number of amides is 1. The maximum absolute atomic E-state index is 14.0. The van der Waals surface area contributed by atoms with Crippen molar-refractivity contribution < 1.29 is 9.36 Å². The van der Waals surface area contributed by atoms with Crippen molar-refractivity contribution in [1.82, 2.24) is 24.5 Å². The Morgan fingerprint density at radius 3 is 2.56 bits per heavy atom. The van der Waals surface area contributed by atoms with E-state index in [1.54, 1.807) is 55.4 Å². The van der Waals surface area contributed by atoms with Gasteiger partial charge in [0.1, 0.15) is 12.7 Å². The molecule has 1 unspecified atom stereocenters. The Kier molecular flexibility index (Phi) is 5.73. The minimum Gasteiger partial charge on any atom is -0.381 e. The van der Waals surface area contributed by atoms with E-state index in [4.69, 9.17) is 5.73 Å². The third-order valence-corrected chi connectivity index (χ3v) is 7.62. The van der Waals surface area contributed by atoms with Gasteiger partial charge in [0.15, 0.2) is 11.5 Å². The van der Waals surface area contributed by atoms with Crippen molar-refractivity contribution in [2.45, 2.75) is 13.0 Å². The van der Waals surface area contributed by atoms with Crippen LogP contribution < -0.4 is 21.9 Å². The van der Waals surface area contributed by atoms with Gasteiger partial charge in [0.05, 0.1) is 11.4 Å². The Labute approximate surface area is 207 Å². The number of nitrogens with zero attached hydrogens (tertiary/aromatic N) is 4. The van der Waals surface area contributed by atoms with Crippen LogP contribution in [0.5, 0.6) is 0 Å². The Morgan fingerprint density at radius 1 is 1.08 bits per heavy atom. The first-order valence-electron chi connectivity index (χ1n) is 11.4. The highest BCUT2D eigenvalue weighted by Crippen LogP contribution is 2.37. The van der Waals surface area contributed by atoms with Gasteiger partial charge in [-0.25, -0.2) is 9.50 Å². The van der Waals surface area contributed by atoms with Crippen molar-refractivity contribution in [3.8, 4) is 5.69 Å². The molecule has 3 heterocycles. The van der Waals surface area contributed by atoms with Crippen LogP contribution in [0.15, 0.2) is 77.9 Å². The fraction of sp³-hybridized carbons (Fsp3) is 0.154. The molecule has 0 spiro atoms. The summed E-state index contributed by atoms with van der Waals surface area (Å²) in [6, 6.07) is 17.5. The predicted molar refractivity (Wildman–Crippen MR) is 142 cm³/mol. The summed E-state index contributed by atoms with van der Waals surface area (Å²) in [7, 11) is -2.74. The first-order chi connectivity index (χ1) is 17.2. The van der Waals surface area contributed by atoms with Crippen LogP contribution in [0.4, 0.5) is 5.82 Å². The van der Waals surface area contributed by atoms with Gasteiger partial charge < -0.3 is 15.6 Å². The number of para-hydroxylation sites is 1. The van der Waals surface area contributed by atoms with E-state index in [9.17, 15) is 14.2 Å². The predicted octanol–water partition coefficient (Wildman–Crippen LogP) is 3.35. The average molecular weight is 500 g/mol. The number of nitrogens with two attached hydrogens (primary N) is 1. The SMILES string of the molecule is CC(NC(=O)c1c(N)nn2cccnc12)c1cc2cccc(P(C)(C)=O)c2c(=O)n1-c1ccccc1. The molecule has 5 rings (SSSR count). The van der Waals surface area contributed by atoms with E-state index < -0.39 is 19.1 Å². The molecule has 0 aliphatic heterocycles. The number of pyridine rings is 1. The maximum Gasteiger partial charge on any atom is 0.264 e. The number of aromatic nitrogens is 4. The van der Waals surface area contributed by atoms with Crippen LogP contribution in [-0.2, 0) is 4.57 Å². The van der Waals surface area contributed by atoms with E-state index in [-0.39, 0.29) is 16.9 Å². The molecule has 3 aromatic heterocycles. The number of nitrogen functional groups attached to an aromatic ring is 1. The summed E-state index contributed by atoms with van der Waals surface area (Å²) in [6.45, 7) is 5.10. The molecule has 2 aromatic carbocycles. The number of carbonyl (C=O) groups is 1. The second kappa shape index (κ2) is 8.77. The van der Waals surface area contributed by atoms with Crippen molar-refractivity contribution >= 4 is 40.6 Å². The topological polar surface area (TPSA) is 124 Å². The summed E-state index contributed by atoms with van der Waals surface area (Å²) in [5.74, 6) is -0.398. The van der Waals surface area contributed by atoms with Crippen molar-refractivity contribution in [2.75, 3.05) is 19.1 Å². The number of benzene rings is 2. The zero-order chi connectivity index (χ0) is 25.6. The molecule has 0 bridgehead atoms. The number of carbonyl (C=O) groups excluding carboxylic acids is 1. The van der Waals surface area contributed by atoms with Crippen LogP contribution in [0, 0.1) is 0 Å². The van der Waals surface area contributed by atoms with E-state index in [2.05, 4.69) is 15.4 Å². The van der Waals surface area contributed by atoms with E-state index in [1.807, 2.05) is 42.5 Å². The minimum atomic E-state index is -2.74. The fourth-order valence-electron chi connectivity index (χ4n) is 4.44. The Bertz CT molecular complexity index is 1740.